The predicted molar refractivity (Wildman–Crippen MR) is 106 cm³/mol. The summed E-state index contributed by atoms with van der Waals surface area (Å²) in [4.78, 5) is 43.0. The molecule has 0 saturated heterocycles. The largest absolute Gasteiger partial charge is 0.339 e. The Morgan fingerprint density at radius 1 is 1.17 bits per heavy atom. The number of rotatable bonds is 4. The molecular weight excluding hydrogens is 374 g/mol. The van der Waals surface area contributed by atoms with Crippen molar-refractivity contribution in [3.05, 3.63) is 62.8 Å². The van der Waals surface area contributed by atoms with Crippen LogP contribution in [0.25, 0.3) is 11.4 Å². The van der Waals surface area contributed by atoms with Crippen molar-refractivity contribution in [3.63, 3.8) is 0 Å². The average molecular weight is 395 g/mol. The molecule has 1 aliphatic rings. The molecule has 1 amide bonds. The van der Waals surface area contributed by atoms with E-state index in [-0.39, 0.29) is 11.4 Å². The number of hydrogen-bond acceptors (Lipinski definition) is 6. The highest BCUT2D eigenvalue weighted by Gasteiger charge is 2.25. The van der Waals surface area contributed by atoms with Gasteiger partial charge >= 0.3 is 5.69 Å². The van der Waals surface area contributed by atoms with E-state index < -0.39 is 23.7 Å². The number of nitrogens with zero attached hydrogens (tertiary/aromatic N) is 4. The van der Waals surface area contributed by atoms with Gasteiger partial charge in [-0.05, 0) is 31.4 Å². The number of benzene rings is 1. The third kappa shape index (κ3) is 3.75. The summed E-state index contributed by atoms with van der Waals surface area (Å²) in [5.41, 5.74) is 0.370. The van der Waals surface area contributed by atoms with E-state index in [2.05, 4.69) is 15.5 Å². The Labute approximate surface area is 166 Å². The van der Waals surface area contributed by atoms with Gasteiger partial charge in [0.1, 0.15) is 12.1 Å². The lowest BCUT2D eigenvalue weighted by atomic mass is 10.1. The number of carbonyl (C=O) groups excluding carboxylic acids is 1. The third-order valence-electron chi connectivity index (χ3n) is 4.94. The van der Waals surface area contributed by atoms with Crippen LogP contribution in [0.1, 0.15) is 30.8 Å². The fourth-order valence-electron chi connectivity index (χ4n) is 3.60. The molecule has 150 valence electrons. The van der Waals surface area contributed by atoms with Crippen molar-refractivity contribution in [2.45, 2.75) is 45.7 Å². The number of nitrogens with one attached hydrogen (secondary N) is 1. The van der Waals surface area contributed by atoms with E-state index in [1.807, 2.05) is 6.07 Å². The van der Waals surface area contributed by atoms with Gasteiger partial charge in [0.2, 0.25) is 17.6 Å². The summed E-state index contributed by atoms with van der Waals surface area (Å²) in [6.07, 6.45) is 3.21. The fraction of sp³-hybridized carbons (Fsp3) is 0.350. The van der Waals surface area contributed by atoms with E-state index in [0.717, 1.165) is 23.8 Å². The van der Waals surface area contributed by atoms with Crippen molar-refractivity contribution in [2.75, 3.05) is 5.32 Å². The van der Waals surface area contributed by atoms with Crippen LogP contribution in [0.2, 0.25) is 0 Å². The minimum absolute atomic E-state index is 0.148. The monoisotopic (exact) mass is 395 g/mol. The second-order valence-corrected chi connectivity index (χ2v) is 7.01. The van der Waals surface area contributed by atoms with Crippen LogP contribution in [-0.2, 0) is 24.3 Å². The Bertz CT molecular complexity index is 1160. The lowest BCUT2D eigenvalue weighted by molar-refractivity contribution is -0.116. The van der Waals surface area contributed by atoms with Gasteiger partial charge in [-0.2, -0.15) is 4.98 Å². The Balaban J connectivity index is 1.80. The number of hydrogen-bond donors (Lipinski definition) is 1. The molecule has 9 heteroatoms. The van der Waals surface area contributed by atoms with E-state index in [0.29, 0.717) is 30.2 Å². The Morgan fingerprint density at radius 3 is 2.69 bits per heavy atom. The molecule has 0 spiro atoms. The molecule has 0 radical (unpaired) electrons. The van der Waals surface area contributed by atoms with Crippen molar-refractivity contribution in [2.24, 2.45) is 0 Å². The quantitative estimate of drug-likeness (QED) is 0.720. The number of para-hydroxylation sites is 1. The van der Waals surface area contributed by atoms with Crippen LogP contribution >= 0.6 is 0 Å². The normalized spacial score (nSPS) is 13.6. The van der Waals surface area contributed by atoms with Gasteiger partial charge in [-0.1, -0.05) is 29.8 Å². The zero-order chi connectivity index (χ0) is 20.4. The van der Waals surface area contributed by atoms with Gasteiger partial charge in [-0.3, -0.25) is 18.7 Å². The van der Waals surface area contributed by atoms with Crippen LogP contribution in [0.4, 0.5) is 5.69 Å². The van der Waals surface area contributed by atoms with Crippen LogP contribution in [0.5, 0.6) is 0 Å². The Kier molecular flexibility index (Phi) is 5.11. The Hall–Kier alpha value is -3.49. The molecule has 1 N–H and O–H groups in total. The molecule has 1 aliphatic heterocycles. The second-order valence-electron chi connectivity index (χ2n) is 7.01. The van der Waals surface area contributed by atoms with Crippen molar-refractivity contribution < 1.29 is 9.32 Å². The van der Waals surface area contributed by atoms with Crippen LogP contribution in [0.3, 0.4) is 0 Å². The van der Waals surface area contributed by atoms with Crippen LogP contribution in [-0.4, -0.2) is 25.2 Å². The summed E-state index contributed by atoms with van der Waals surface area (Å²) in [7, 11) is 0. The average Bonchev–Trinajstić information content (AvgIpc) is 2.98. The van der Waals surface area contributed by atoms with E-state index in [4.69, 9.17) is 4.52 Å². The SMILES string of the molecule is Cc1nc(-c2c3n(c(=O)n(CC(=O)Nc4ccccc4)c2=O)CCCCC3)no1. The van der Waals surface area contributed by atoms with Gasteiger partial charge in [-0.25, -0.2) is 4.79 Å². The summed E-state index contributed by atoms with van der Waals surface area (Å²) in [6, 6.07) is 8.87. The zero-order valence-electron chi connectivity index (χ0n) is 16.1. The van der Waals surface area contributed by atoms with Gasteiger partial charge in [0.05, 0.1) is 0 Å². The first-order valence-electron chi connectivity index (χ1n) is 9.56. The molecule has 4 rings (SSSR count). The molecule has 9 nitrogen and oxygen atoms in total. The first-order chi connectivity index (χ1) is 14.0. The maximum Gasteiger partial charge on any atom is 0.331 e. The van der Waals surface area contributed by atoms with Gasteiger partial charge in [-0.15, -0.1) is 0 Å². The van der Waals surface area contributed by atoms with E-state index >= 15 is 0 Å². The minimum Gasteiger partial charge on any atom is -0.339 e. The molecule has 0 atom stereocenters. The number of aryl methyl sites for hydroxylation is 1. The predicted octanol–water partition coefficient (Wildman–Crippen LogP) is 1.73. The van der Waals surface area contributed by atoms with Crippen LogP contribution in [0.15, 0.2) is 44.4 Å². The summed E-state index contributed by atoms with van der Waals surface area (Å²) in [6.45, 7) is 1.73. The van der Waals surface area contributed by atoms with Crippen molar-refractivity contribution in [3.8, 4) is 11.4 Å². The molecule has 3 aromatic rings. The molecular formula is C20H21N5O4. The van der Waals surface area contributed by atoms with E-state index in [1.54, 1.807) is 35.8 Å². The lowest BCUT2D eigenvalue weighted by Gasteiger charge is -2.16. The zero-order valence-corrected chi connectivity index (χ0v) is 16.1. The third-order valence-corrected chi connectivity index (χ3v) is 4.94. The maximum absolute atomic E-state index is 13.2. The number of fused-ring (bicyclic) bond motifs is 1. The van der Waals surface area contributed by atoms with Gasteiger partial charge < -0.3 is 9.84 Å². The highest BCUT2D eigenvalue weighted by Crippen LogP contribution is 2.21. The standard InChI is InChI=1S/C20H21N5O4/c1-13-21-18(23-29-13)17-15-10-6-3-7-11-24(15)20(28)25(19(17)27)12-16(26)22-14-8-4-2-5-9-14/h2,4-5,8-9H,3,6-7,10-12H2,1H3,(H,22,26). The number of anilines is 1. The number of carbonyl (C=O) groups is 1. The van der Waals surface area contributed by atoms with Gasteiger partial charge in [0, 0.05) is 24.8 Å². The highest BCUT2D eigenvalue weighted by atomic mass is 16.5. The summed E-state index contributed by atoms with van der Waals surface area (Å²) < 4.78 is 7.58. The number of amides is 1. The molecule has 0 bridgehead atoms. The molecule has 0 unspecified atom stereocenters. The highest BCUT2D eigenvalue weighted by molar-refractivity contribution is 5.90. The summed E-state index contributed by atoms with van der Waals surface area (Å²) >= 11 is 0. The second kappa shape index (κ2) is 7.86. The topological polar surface area (TPSA) is 112 Å². The molecule has 0 fully saturated rings. The van der Waals surface area contributed by atoms with Crippen molar-refractivity contribution >= 4 is 11.6 Å². The fourth-order valence-corrected chi connectivity index (χ4v) is 3.60. The van der Waals surface area contributed by atoms with E-state index in [9.17, 15) is 14.4 Å². The molecule has 1 aromatic carbocycles. The first-order valence-corrected chi connectivity index (χ1v) is 9.56. The molecule has 0 saturated carbocycles. The summed E-state index contributed by atoms with van der Waals surface area (Å²) in [5, 5.41) is 6.59. The van der Waals surface area contributed by atoms with E-state index in [1.165, 1.54) is 0 Å². The maximum atomic E-state index is 13.2. The smallest absolute Gasteiger partial charge is 0.331 e. The van der Waals surface area contributed by atoms with Crippen LogP contribution < -0.4 is 16.6 Å². The van der Waals surface area contributed by atoms with Crippen molar-refractivity contribution in [1.82, 2.24) is 19.3 Å². The van der Waals surface area contributed by atoms with Crippen LogP contribution in [0, 0.1) is 6.92 Å². The van der Waals surface area contributed by atoms with Gasteiger partial charge in [0.15, 0.2) is 0 Å². The molecule has 0 aliphatic carbocycles. The first kappa shape index (κ1) is 18.9. The molecule has 2 aromatic heterocycles. The van der Waals surface area contributed by atoms with Gasteiger partial charge in [0.25, 0.3) is 5.56 Å². The number of aromatic nitrogens is 4. The molecule has 3 heterocycles. The minimum atomic E-state index is -0.577. The van der Waals surface area contributed by atoms with Crippen molar-refractivity contribution in [1.29, 1.82) is 0 Å². The lowest BCUT2D eigenvalue weighted by Crippen LogP contribution is -2.44. The summed E-state index contributed by atoms with van der Waals surface area (Å²) in [5.74, 6) is 0.0153. The Morgan fingerprint density at radius 2 is 1.97 bits per heavy atom. The molecule has 29 heavy (non-hydrogen) atoms.